The van der Waals surface area contributed by atoms with Crippen molar-refractivity contribution >= 4 is 32.4 Å². The van der Waals surface area contributed by atoms with Crippen molar-refractivity contribution in [2.24, 2.45) is 0 Å². The highest BCUT2D eigenvalue weighted by atomic mass is 127. The number of hydrogen-bond acceptors (Lipinski definition) is 2. The van der Waals surface area contributed by atoms with Gasteiger partial charge in [-0.2, -0.15) is 0 Å². The first-order valence-corrected chi connectivity index (χ1v) is 9.20. The Bertz CT molecular complexity index is 501. The largest absolute Gasteiger partial charge is 0.223 e. The summed E-state index contributed by atoms with van der Waals surface area (Å²) in [4.78, 5) is 0.418. The third-order valence-corrected chi connectivity index (χ3v) is 5.12. The van der Waals surface area contributed by atoms with Crippen LogP contribution >= 0.6 is 22.6 Å². The van der Waals surface area contributed by atoms with Crippen LogP contribution in [0.3, 0.4) is 0 Å². The monoisotopic (exact) mass is 378 g/mol. The Morgan fingerprint density at radius 1 is 1.28 bits per heavy atom. The van der Waals surface area contributed by atoms with Crippen LogP contribution in [0.4, 0.5) is 0 Å². The second-order valence-corrected chi connectivity index (χ2v) is 7.33. The van der Waals surface area contributed by atoms with Crippen LogP contribution in [-0.2, 0) is 9.84 Å². The molecule has 2 nitrogen and oxygen atoms in total. The van der Waals surface area contributed by atoms with Crippen LogP contribution in [0.15, 0.2) is 40.8 Å². The molecule has 0 bridgehead atoms. The van der Waals surface area contributed by atoms with E-state index in [0.717, 1.165) is 28.4 Å². The predicted octanol–water partition coefficient (Wildman–Crippen LogP) is 3.93. The van der Waals surface area contributed by atoms with Crippen LogP contribution in [-0.4, -0.2) is 18.6 Å². The lowest BCUT2D eigenvalue weighted by molar-refractivity contribution is 0.597. The lowest BCUT2D eigenvalue weighted by Gasteiger charge is -2.07. The zero-order valence-corrected chi connectivity index (χ0v) is 13.8. The highest BCUT2D eigenvalue weighted by Gasteiger charge is 2.15. The second kappa shape index (κ2) is 7.28. The first-order valence-electron chi connectivity index (χ1n) is 6.03. The molecule has 0 aromatic heterocycles. The number of rotatable bonds is 6. The van der Waals surface area contributed by atoms with Crippen LogP contribution in [0, 0.1) is 6.92 Å². The van der Waals surface area contributed by atoms with Gasteiger partial charge in [0.05, 0.1) is 10.6 Å². The molecule has 100 valence electrons. The fourth-order valence-corrected chi connectivity index (χ4v) is 3.48. The van der Waals surface area contributed by atoms with E-state index in [1.54, 1.807) is 12.1 Å². The third kappa shape index (κ3) is 4.72. The van der Waals surface area contributed by atoms with Gasteiger partial charge in [0.15, 0.2) is 9.84 Å². The number of alkyl halides is 1. The van der Waals surface area contributed by atoms with E-state index in [1.807, 2.05) is 26.0 Å². The molecule has 0 radical (unpaired) electrons. The average Bonchev–Trinajstić information content (AvgIpc) is 2.35. The molecule has 0 unspecified atom stereocenters. The highest BCUT2D eigenvalue weighted by molar-refractivity contribution is 14.1. The van der Waals surface area contributed by atoms with Crippen LogP contribution in [0.25, 0.3) is 0 Å². The topological polar surface area (TPSA) is 34.1 Å². The summed E-state index contributed by atoms with van der Waals surface area (Å²) < 4.78 is 25.5. The number of benzene rings is 1. The zero-order chi connectivity index (χ0) is 13.6. The van der Waals surface area contributed by atoms with Gasteiger partial charge in [0, 0.05) is 4.43 Å². The quantitative estimate of drug-likeness (QED) is 0.427. The summed E-state index contributed by atoms with van der Waals surface area (Å²) in [6.45, 7) is 3.96. The van der Waals surface area contributed by atoms with Crippen molar-refractivity contribution in [2.45, 2.75) is 31.6 Å². The number of halogens is 1. The molecule has 1 rings (SSSR count). The van der Waals surface area contributed by atoms with Gasteiger partial charge in [-0.3, -0.25) is 0 Å². The van der Waals surface area contributed by atoms with E-state index in [1.165, 1.54) is 0 Å². The fraction of sp³-hybridized carbons (Fsp3) is 0.429. The minimum atomic E-state index is -3.19. The van der Waals surface area contributed by atoms with Crippen LogP contribution in [0.2, 0.25) is 0 Å². The predicted molar refractivity (Wildman–Crippen MR) is 85.1 cm³/mol. The van der Waals surface area contributed by atoms with Crippen LogP contribution in [0.5, 0.6) is 0 Å². The molecule has 1 aromatic rings. The van der Waals surface area contributed by atoms with Crippen LogP contribution < -0.4 is 0 Å². The van der Waals surface area contributed by atoms with Gasteiger partial charge in [0.2, 0.25) is 0 Å². The molecule has 0 fully saturated rings. The molecule has 0 saturated carbocycles. The summed E-state index contributed by atoms with van der Waals surface area (Å²) in [6.07, 6.45) is 3.78. The molecular weight excluding hydrogens is 359 g/mol. The van der Waals surface area contributed by atoms with Crippen LogP contribution in [0.1, 0.15) is 25.3 Å². The Hall–Kier alpha value is -0.360. The Balaban J connectivity index is 2.90. The van der Waals surface area contributed by atoms with Gasteiger partial charge in [0.1, 0.15) is 0 Å². The van der Waals surface area contributed by atoms with Gasteiger partial charge in [-0.15, -0.1) is 0 Å². The maximum Gasteiger partial charge on any atom is 0.182 e. The Kier molecular flexibility index (Phi) is 6.35. The molecule has 18 heavy (non-hydrogen) atoms. The normalized spacial score (nSPS) is 12.7. The van der Waals surface area contributed by atoms with E-state index in [-0.39, 0.29) is 5.75 Å². The highest BCUT2D eigenvalue weighted by Crippen LogP contribution is 2.17. The first-order chi connectivity index (χ1) is 8.49. The molecular formula is C14H19IO2S. The Morgan fingerprint density at radius 3 is 2.39 bits per heavy atom. The molecule has 0 aliphatic heterocycles. The maximum absolute atomic E-state index is 12.2. The van der Waals surface area contributed by atoms with E-state index >= 15 is 0 Å². The fourth-order valence-electron chi connectivity index (χ4n) is 1.64. The second-order valence-electron chi connectivity index (χ2n) is 4.27. The average molecular weight is 378 g/mol. The standard InChI is InChI=1S/C14H19IO2S/c1-3-13(5-4-10-15)11-18(16,17)14-8-6-12(2)7-9-14/h5-9H,3-4,10-11H2,1-2H3/b13-5-. The van der Waals surface area contributed by atoms with Crippen molar-refractivity contribution in [1.82, 2.24) is 0 Å². The molecule has 0 saturated heterocycles. The molecule has 0 spiro atoms. The van der Waals surface area contributed by atoms with Gasteiger partial charge in [-0.25, -0.2) is 8.42 Å². The molecule has 0 amide bonds. The van der Waals surface area contributed by atoms with E-state index in [4.69, 9.17) is 0 Å². The lowest BCUT2D eigenvalue weighted by atomic mass is 10.2. The van der Waals surface area contributed by atoms with E-state index in [0.29, 0.717) is 4.90 Å². The number of sulfone groups is 1. The first kappa shape index (κ1) is 15.7. The van der Waals surface area contributed by atoms with Crippen molar-refractivity contribution in [3.63, 3.8) is 0 Å². The van der Waals surface area contributed by atoms with E-state index < -0.39 is 9.84 Å². The molecule has 4 heteroatoms. The summed E-state index contributed by atoms with van der Waals surface area (Å²) in [7, 11) is -3.19. The minimum Gasteiger partial charge on any atom is -0.223 e. The van der Waals surface area contributed by atoms with Gasteiger partial charge < -0.3 is 0 Å². The molecule has 1 aromatic carbocycles. The molecule has 0 atom stereocenters. The lowest BCUT2D eigenvalue weighted by Crippen LogP contribution is -2.09. The van der Waals surface area contributed by atoms with Gasteiger partial charge >= 0.3 is 0 Å². The van der Waals surface area contributed by atoms with Crippen molar-refractivity contribution in [3.05, 3.63) is 41.5 Å². The smallest absolute Gasteiger partial charge is 0.182 e. The number of aryl methyl sites for hydroxylation is 1. The Morgan fingerprint density at radius 2 is 1.89 bits per heavy atom. The maximum atomic E-state index is 12.2. The summed E-state index contributed by atoms with van der Waals surface area (Å²) in [5, 5.41) is 0. The molecule has 0 N–H and O–H groups in total. The number of hydrogen-bond donors (Lipinski definition) is 0. The zero-order valence-electron chi connectivity index (χ0n) is 10.8. The van der Waals surface area contributed by atoms with Gasteiger partial charge in [0.25, 0.3) is 0 Å². The van der Waals surface area contributed by atoms with E-state index in [2.05, 4.69) is 28.7 Å². The Labute approximate surface area is 124 Å². The SMILES string of the molecule is CC/C(=C/CCI)CS(=O)(=O)c1ccc(C)cc1. The third-order valence-electron chi connectivity index (χ3n) is 2.75. The molecule has 0 heterocycles. The van der Waals surface area contributed by atoms with Gasteiger partial charge in [-0.05, 0) is 31.9 Å². The summed E-state index contributed by atoms with van der Waals surface area (Å²) in [6, 6.07) is 7.06. The molecule has 0 aliphatic carbocycles. The summed E-state index contributed by atoms with van der Waals surface area (Å²) >= 11 is 2.30. The van der Waals surface area contributed by atoms with Gasteiger partial charge in [-0.1, -0.05) is 58.9 Å². The molecule has 0 aliphatic rings. The number of allylic oxidation sites excluding steroid dienone is 1. The van der Waals surface area contributed by atoms with Crippen molar-refractivity contribution in [2.75, 3.05) is 10.2 Å². The van der Waals surface area contributed by atoms with E-state index in [9.17, 15) is 8.42 Å². The van der Waals surface area contributed by atoms with Crippen molar-refractivity contribution in [3.8, 4) is 0 Å². The van der Waals surface area contributed by atoms with Crippen molar-refractivity contribution in [1.29, 1.82) is 0 Å². The van der Waals surface area contributed by atoms with Crippen molar-refractivity contribution < 1.29 is 8.42 Å². The minimum absolute atomic E-state index is 0.142. The summed E-state index contributed by atoms with van der Waals surface area (Å²) in [5.41, 5.74) is 2.08. The summed E-state index contributed by atoms with van der Waals surface area (Å²) in [5.74, 6) is 0.142.